The lowest BCUT2D eigenvalue weighted by Crippen LogP contribution is -2.29. The average molecular weight is 486 g/mol. The standard InChI is InChI=1S/C27H27N5O2S/c1-16-10-12-21(13-11-16)24-23-17(2)18(3)35-26(23)32-19(4)30-31-25(32)22(29-24)14-28-27(33)34-15-20-8-6-5-7-9-20/h5-13,22H,14-15H2,1-4H3,(H,28,33)/t22-/m0/s1. The minimum Gasteiger partial charge on any atom is -0.445 e. The fraction of sp³-hybridized carbons (Fsp3) is 0.259. The molecular weight excluding hydrogens is 458 g/mol. The van der Waals surface area contributed by atoms with E-state index < -0.39 is 12.1 Å². The molecule has 0 saturated carbocycles. The number of nitrogens with one attached hydrogen (secondary N) is 1. The Hall–Kier alpha value is -3.78. The van der Waals surface area contributed by atoms with Gasteiger partial charge < -0.3 is 10.1 Å². The number of benzene rings is 2. The number of aliphatic imine (C=N–C) groups is 1. The third-order valence-electron chi connectivity index (χ3n) is 6.22. The molecule has 0 spiro atoms. The fourth-order valence-corrected chi connectivity index (χ4v) is 5.40. The molecule has 0 bridgehead atoms. The van der Waals surface area contributed by atoms with Gasteiger partial charge >= 0.3 is 6.09 Å². The lowest BCUT2D eigenvalue weighted by Gasteiger charge is -2.14. The summed E-state index contributed by atoms with van der Waals surface area (Å²) in [6, 6.07) is 17.6. The Balaban J connectivity index is 1.49. The Bertz CT molecular complexity index is 1400. The Morgan fingerprint density at radius 1 is 1.03 bits per heavy atom. The zero-order chi connectivity index (χ0) is 24.5. The number of carbonyl (C=O) groups excluding carboxylic acids is 1. The van der Waals surface area contributed by atoms with Crippen molar-refractivity contribution >= 4 is 23.1 Å². The number of carbonyl (C=O) groups is 1. The number of nitrogens with zero attached hydrogens (tertiary/aromatic N) is 4. The van der Waals surface area contributed by atoms with Crippen LogP contribution >= 0.6 is 11.3 Å². The lowest BCUT2D eigenvalue weighted by atomic mass is 9.99. The third-order valence-corrected chi connectivity index (χ3v) is 7.41. The lowest BCUT2D eigenvalue weighted by molar-refractivity contribution is 0.139. The van der Waals surface area contributed by atoms with E-state index >= 15 is 0 Å². The largest absolute Gasteiger partial charge is 0.445 e. The van der Waals surface area contributed by atoms with Gasteiger partial charge in [-0.2, -0.15) is 0 Å². The average Bonchev–Trinajstić information content (AvgIpc) is 3.33. The molecule has 1 amide bonds. The first-order valence-electron chi connectivity index (χ1n) is 11.5. The highest BCUT2D eigenvalue weighted by atomic mass is 32.1. The summed E-state index contributed by atoms with van der Waals surface area (Å²) in [7, 11) is 0. The summed E-state index contributed by atoms with van der Waals surface area (Å²) in [5, 5.41) is 12.8. The van der Waals surface area contributed by atoms with E-state index in [1.54, 1.807) is 11.3 Å². The number of aryl methyl sites for hydroxylation is 3. The SMILES string of the molecule is Cc1ccc(C2=N[C@@H](CNC(=O)OCc3ccccc3)c3nnc(C)n3-c3sc(C)c(C)c32)cc1. The second kappa shape index (κ2) is 9.46. The Labute approximate surface area is 208 Å². The molecule has 1 aliphatic heterocycles. The van der Waals surface area contributed by atoms with Crippen LogP contribution in [0.1, 0.15) is 50.4 Å². The Morgan fingerprint density at radius 2 is 1.77 bits per heavy atom. The van der Waals surface area contributed by atoms with Gasteiger partial charge in [0.1, 0.15) is 23.5 Å². The molecular formula is C27H27N5O2S. The van der Waals surface area contributed by atoms with E-state index in [1.165, 1.54) is 16.0 Å². The van der Waals surface area contributed by atoms with Crippen molar-refractivity contribution in [1.82, 2.24) is 20.1 Å². The van der Waals surface area contributed by atoms with Crippen molar-refractivity contribution in [1.29, 1.82) is 0 Å². The molecule has 2 aromatic carbocycles. The predicted molar refractivity (Wildman–Crippen MR) is 138 cm³/mol. The zero-order valence-electron chi connectivity index (χ0n) is 20.2. The number of aromatic nitrogens is 3. The van der Waals surface area contributed by atoms with Crippen molar-refractivity contribution in [2.75, 3.05) is 6.54 Å². The Morgan fingerprint density at radius 3 is 2.51 bits per heavy atom. The van der Waals surface area contributed by atoms with Crippen molar-refractivity contribution in [2.24, 2.45) is 4.99 Å². The second-order valence-electron chi connectivity index (χ2n) is 8.71. The summed E-state index contributed by atoms with van der Waals surface area (Å²) < 4.78 is 7.49. The van der Waals surface area contributed by atoms with Gasteiger partial charge in [-0.05, 0) is 38.8 Å². The van der Waals surface area contributed by atoms with Crippen molar-refractivity contribution in [3.63, 3.8) is 0 Å². The molecule has 5 rings (SSSR count). The van der Waals surface area contributed by atoms with Gasteiger partial charge in [-0.1, -0.05) is 60.2 Å². The van der Waals surface area contributed by atoms with Gasteiger partial charge in [-0.15, -0.1) is 21.5 Å². The summed E-state index contributed by atoms with van der Waals surface area (Å²) in [5.74, 6) is 1.50. The van der Waals surface area contributed by atoms with Crippen LogP contribution in [0.2, 0.25) is 0 Å². The molecule has 0 radical (unpaired) electrons. The van der Waals surface area contributed by atoms with Crippen molar-refractivity contribution < 1.29 is 9.53 Å². The number of rotatable bonds is 5. The highest BCUT2D eigenvalue weighted by molar-refractivity contribution is 7.15. The van der Waals surface area contributed by atoms with Gasteiger partial charge in [0.15, 0.2) is 5.82 Å². The number of ether oxygens (including phenoxy) is 1. The van der Waals surface area contributed by atoms with Crippen LogP contribution < -0.4 is 5.32 Å². The molecule has 1 N–H and O–H groups in total. The summed E-state index contributed by atoms with van der Waals surface area (Å²) in [5.41, 5.74) is 6.34. The molecule has 178 valence electrons. The van der Waals surface area contributed by atoms with Crippen molar-refractivity contribution in [2.45, 2.75) is 40.3 Å². The molecule has 0 aliphatic carbocycles. The number of alkyl carbamates (subject to hydrolysis) is 1. The van der Waals surface area contributed by atoms with E-state index in [2.05, 4.69) is 65.1 Å². The van der Waals surface area contributed by atoms with Crippen molar-refractivity contribution in [3.8, 4) is 5.00 Å². The maximum Gasteiger partial charge on any atom is 0.407 e. The van der Waals surface area contributed by atoms with Crippen LogP contribution in [0.3, 0.4) is 0 Å². The van der Waals surface area contributed by atoms with Gasteiger partial charge in [0.25, 0.3) is 0 Å². The van der Waals surface area contributed by atoms with Gasteiger partial charge in [0, 0.05) is 16.0 Å². The van der Waals surface area contributed by atoms with Gasteiger partial charge in [0.2, 0.25) is 0 Å². The number of hydrogen-bond acceptors (Lipinski definition) is 6. The van der Waals surface area contributed by atoms with Crippen LogP contribution in [0, 0.1) is 27.7 Å². The zero-order valence-corrected chi connectivity index (χ0v) is 21.0. The Kier molecular flexibility index (Phi) is 6.21. The molecule has 3 heterocycles. The number of hydrogen-bond donors (Lipinski definition) is 1. The molecule has 0 unspecified atom stereocenters. The minimum absolute atomic E-state index is 0.209. The topological polar surface area (TPSA) is 81.4 Å². The first-order valence-corrected chi connectivity index (χ1v) is 12.4. The summed E-state index contributed by atoms with van der Waals surface area (Å²) in [6.07, 6.45) is -0.491. The van der Waals surface area contributed by atoms with Gasteiger partial charge in [-0.25, -0.2) is 4.79 Å². The van der Waals surface area contributed by atoms with Gasteiger partial charge in [-0.3, -0.25) is 9.56 Å². The van der Waals surface area contributed by atoms with E-state index in [9.17, 15) is 4.79 Å². The normalized spacial score (nSPS) is 14.5. The van der Waals surface area contributed by atoms with E-state index in [0.717, 1.165) is 33.2 Å². The van der Waals surface area contributed by atoms with Crippen LogP contribution in [0.15, 0.2) is 59.6 Å². The molecule has 4 aromatic rings. The second-order valence-corrected chi connectivity index (χ2v) is 9.91. The summed E-state index contributed by atoms with van der Waals surface area (Å²) >= 11 is 1.72. The van der Waals surface area contributed by atoms with E-state index in [1.807, 2.05) is 37.3 Å². The predicted octanol–water partition coefficient (Wildman–Crippen LogP) is 5.38. The van der Waals surface area contributed by atoms with Crippen LogP contribution in [0.25, 0.3) is 5.00 Å². The quantitative estimate of drug-likeness (QED) is 0.411. The molecule has 0 fully saturated rings. The van der Waals surface area contributed by atoms with Crippen LogP contribution in [0.5, 0.6) is 0 Å². The van der Waals surface area contributed by atoms with Crippen LogP contribution in [-0.4, -0.2) is 33.1 Å². The minimum atomic E-state index is -0.491. The molecule has 35 heavy (non-hydrogen) atoms. The third kappa shape index (κ3) is 4.49. The molecule has 0 saturated heterocycles. The maximum atomic E-state index is 12.5. The molecule has 8 heteroatoms. The number of thiophene rings is 1. The fourth-order valence-electron chi connectivity index (χ4n) is 4.19. The van der Waals surface area contributed by atoms with E-state index in [-0.39, 0.29) is 13.2 Å². The van der Waals surface area contributed by atoms with E-state index in [0.29, 0.717) is 5.82 Å². The van der Waals surface area contributed by atoms with Crippen LogP contribution in [0.4, 0.5) is 4.79 Å². The molecule has 2 aromatic heterocycles. The first-order chi connectivity index (χ1) is 16.9. The number of fused-ring (bicyclic) bond motifs is 3. The summed E-state index contributed by atoms with van der Waals surface area (Å²) in [6.45, 7) is 8.73. The first kappa shape index (κ1) is 23.0. The smallest absolute Gasteiger partial charge is 0.407 e. The monoisotopic (exact) mass is 485 g/mol. The van der Waals surface area contributed by atoms with Crippen molar-refractivity contribution in [3.05, 3.63) is 98.9 Å². The highest BCUT2D eigenvalue weighted by Gasteiger charge is 2.31. The molecule has 1 aliphatic rings. The highest BCUT2D eigenvalue weighted by Crippen LogP contribution is 2.38. The van der Waals surface area contributed by atoms with Gasteiger partial charge in [0.05, 0.1) is 12.3 Å². The summed E-state index contributed by atoms with van der Waals surface area (Å²) in [4.78, 5) is 18.9. The number of amides is 1. The molecule has 7 nitrogen and oxygen atoms in total. The van der Waals surface area contributed by atoms with Crippen LogP contribution in [-0.2, 0) is 11.3 Å². The molecule has 1 atom stereocenters. The van der Waals surface area contributed by atoms with E-state index in [4.69, 9.17) is 9.73 Å². The maximum absolute atomic E-state index is 12.5.